The minimum Gasteiger partial charge on any atom is -0.436 e. The summed E-state index contributed by atoms with van der Waals surface area (Å²) in [6.07, 6.45) is 0. The Kier molecular flexibility index (Phi) is 4.08. The summed E-state index contributed by atoms with van der Waals surface area (Å²) in [5, 5.41) is 5.63. The molecule has 0 aliphatic carbocycles. The van der Waals surface area contributed by atoms with Crippen molar-refractivity contribution in [1.82, 2.24) is 10.3 Å². The maximum atomic E-state index is 13.0. The molecule has 0 unspecified atom stereocenters. The number of nitrogens with one attached hydrogen (secondary N) is 2. The number of carbonyl (C=O) groups excluding carboxylic acids is 1. The van der Waals surface area contributed by atoms with E-state index in [2.05, 4.69) is 22.5 Å². The average Bonchev–Trinajstić information content (AvgIpc) is 3.02. The van der Waals surface area contributed by atoms with Crippen LogP contribution in [0.5, 0.6) is 0 Å². The predicted molar refractivity (Wildman–Crippen MR) is 95.4 cm³/mol. The molecule has 2 heterocycles. The molecule has 0 atom stereocenters. The lowest BCUT2D eigenvalue weighted by molar-refractivity contribution is -0.0974. The number of nitrogens with zero attached hydrogens (tertiary/aromatic N) is 1. The van der Waals surface area contributed by atoms with E-state index in [0.717, 1.165) is 0 Å². The van der Waals surface area contributed by atoms with Gasteiger partial charge < -0.3 is 19.8 Å². The van der Waals surface area contributed by atoms with Gasteiger partial charge in [0.25, 0.3) is 0 Å². The zero-order valence-corrected chi connectivity index (χ0v) is 14.2. The molecule has 0 saturated carbocycles. The number of benzene rings is 2. The number of hydrogen-bond donors (Lipinski definition) is 2. The summed E-state index contributed by atoms with van der Waals surface area (Å²) in [5.41, 5.74) is 2.50. The predicted octanol–water partition coefficient (Wildman–Crippen LogP) is 3.79. The highest BCUT2D eigenvalue weighted by Gasteiger charge is 2.33. The molecule has 0 spiro atoms. The van der Waals surface area contributed by atoms with Gasteiger partial charge >= 0.3 is 6.03 Å². The van der Waals surface area contributed by atoms with E-state index in [1.165, 1.54) is 12.1 Å². The van der Waals surface area contributed by atoms with Crippen molar-refractivity contribution in [2.75, 3.05) is 25.1 Å². The highest BCUT2D eigenvalue weighted by molar-refractivity contribution is 5.91. The number of aromatic nitrogens is 1. The number of halogens is 1. The summed E-state index contributed by atoms with van der Waals surface area (Å²) < 4.78 is 23.9. The Hall–Kier alpha value is -2.93. The van der Waals surface area contributed by atoms with Crippen molar-refractivity contribution in [3.05, 3.63) is 48.3 Å². The van der Waals surface area contributed by atoms with Crippen LogP contribution in [0, 0.1) is 11.2 Å². The molecule has 6 nitrogen and oxygen atoms in total. The second kappa shape index (κ2) is 6.42. The largest absolute Gasteiger partial charge is 0.436 e. The van der Waals surface area contributed by atoms with Gasteiger partial charge in [0.05, 0.1) is 13.2 Å². The van der Waals surface area contributed by atoms with Crippen molar-refractivity contribution in [3.8, 4) is 11.5 Å². The van der Waals surface area contributed by atoms with Crippen LogP contribution in [0.4, 0.5) is 14.9 Å². The van der Waals surface area contributed by atoms with Gasteiger partial charge in [-0.1, -0.05) is 6.92 Å². The molecule has 7 heteroatoms. The number of carbonyl (C=O) groups is 1. The fourth-order valence-corrected chi connectivity index (χ4v) is 2.74. The van der Waals surface area contributed by atoms with Crippen LogP contribution in [0.2, 0.25) is 0 Å². The quantitative estimate of drug-likeness (QED) is 0.746. The molecule has 2 amide bonds. The summed E-state index contributed by atoms with van der Waals surface area (Å²) in [4.78, 5) is 16.4. The summed E-state index contributed by atoms with van der Waals surface area (Å²) in [6.45, 7) is 3.93. The maximum absolute atomic E-state index is 13.0. The van der Waals surface area contributed by atoms with Crippen LogP contribution >= 0.6 is 0 Å². The Morgan fingerprint density at radius 3 is 2.69 bits per heavy atom. The number of fused-ring (bicyclic) bond motifs is 1. The van der Waals surface area contributed by atoms with Crippen molar-refractivity contribution in [2.24, 2.45) is 5.41 Å². The molecule has 1 fully saturated rings. The zero-order valence-electron chi connectivity index (χ0n) is 14.2. The van der Waals surface area contributed by atoms with Crippen molar-refractivity contribution < 1.29 is 18.3 Å². The molecule has 2 N–H and O–H groups in total. The first-order valence-electron chi connectivity index (χ1n) is 8.30. The second-order valence-corrected chi connectivity index (χ2v) is 6.82. The molecule has 1 saturated heterocycles. The molecular weight excluding hydrogens is 337 g/mol. The van der Waals surface area contributed by atoms with Crippen LogP contribution in [0.15, 0.2) is 46.9 Å². The molecule has 0 bridgehead atoms. The van der Waals surface area contributed by atoms with E-state index in [4.69, 9.17) is 9.15 Å². The SMILES string of the molecule is CC1(CNC(=O)Nc2ccc3nc(-c4ccc(F)cc4)oc3c2)COC1. The minimum atomic E-state index is -0.315. The first-order valence-corrected chi connectivity index (χ1v) is 8.30. The fraction of sp³-hybridized carbons (Fsp3) is 0.263. The molecule has 1 aromatic heterocycles. The van der Waals surface area contributed by atoms with E-state index in [1.807, 2.05) is 0 Å². The van der Waals surface area contributed by atoms with Crippen molar-refractivity contribution >= 4 is 22.8 Å². The van der Waals surface area contributed by atoms with Gasteiger partial charge in [-0.2, -0.15) is 0 Å². The molecule has 0 radical (unpaired) electrons. The number of ether oxygens (including phenoxy) is 1. The topological polar surface area (TPSA) is 76.4 Å². The highest BCUT2D eigenvalue weighted by atomic mass is 19.1. The molecular formula is C19H18FN3O3. The summed E-state index contributed by atoms with van der Waals surface area (Å²) >= 11 is 0. The van der Waals surface area contributed by atoms with E-state index in [-0.39, 0.29) is 17.3 Å². The van der Waals surface area contributed by atoms with Gasteiger partial charge in [0.2, 0.25) is 5.89 Å². The molecule has 4 rings (SSSR count). The first-order chi connectivity index (χ1) is 12.5. The first kappa shape index (κ1) is 16.5. The van der Waals surface area contributed by atoms with Crippen molar-refractivity contribution in [3.63, 3.8) is 0 Å². The third kappa shape index (κ3) is 3.39. The van der Waals surface area contributed by atoms with Crippen molar-refractivity contribution in [2.45, 2.75) is 6.92 Å². The number of urea groups is 1. The Bertz CT molecular complexity index is 948. The Morgan fingerprint density at radius 1 is 1.23 bits per heavy atom. The van der Waals surface area contributed by atoms with Gasteiger partial charge in [0, 0.05) is 29.3 Å². The van der Waals surface area contributed by atoms with E-state index in [9.17, 15) is 9.18 Å². The monoisotopic (exact) mass is 355 g/mol. The fourth-order valence-electron chi connectivity index (χ4n) is 2.74. The lowest BCUT2D eigenvalue weighted by Crippen LogP contribution is -2.49. The zero-order chi connectivity index (χ0) is 18.1. The van der Waals surface area contributed by atoms with E-state index in [1.54, 1.807) is 30.3 Å². The van der Waals surface area contributed by atoms with Gasteiger partial charge in [-0.25, -0.2) is 14.2 Å². The Morgan fingerprint density at radius 2 is 2.00 bits per heavy atom. The van der Waals surface area contributed by atoms with Crippen LogP contribution < -0.4 is 10.6 Å². The third-order valence-corrected chi connectivity index (χ3v) is 4.31. The van der Waals surface area contributed by atoms with Crippen molar-refractivity contribution in [1.29, 1.82) is 0 Å². The number of oxazole rings is 1. The Balaban J connectivity index is 1.46. The molecule has 2 aromatic carbocycles. The third-order valence-electron chi connectivity index (χ3n) is 4.31. The smallest absolute Gasteiger partial charge is 0.319 e. The Labute approximate surface area is 149 Å². The standard InChI is InChI=1S/C19H18FN3O3/c1-19(10-25-11-19)9-21-18(24)22-14-6-7-15-16(8-14)26-17(23-15)12-2-4-13(20)5-3-12/h2-8H,9-11H2,1H3,(H2,21,22,24). The number of anilines is 1. The molecule has 134 valence electrons. The highest BCUT2D eigenvalue weighted by Crippen LogP contribution is 2.27. The molecule has 1 aliphatic heterocycles. The molecule has 1 aliphatic rings. The van der Waals surface area contributed by atoms with Crippen LogP contribution in [-0.2, 0) is 4.74 Å². The molecule has 26 heavy (non-hydrogen) atoms. The second-order valence-electron chi connectivity index (χ2n) is 6.82. The van der Waals surface area contributed by atoms with Crippen LogP contribution in [0.25, 0.3) is 22.6 Å². The summed E-state index contributed by atoms with van der Waals surface area (Å²) in [7, 11) is 0. The normalized spacial score (nSPS) is 15.5. The van der Waals surface area contributed by atoms with Gasteiger partial charge in [0.1, 0.15) is 11.3 Å². The number of rotatable bonds is 4. The number of amides is 2. The van der Waals surface area contributed by atoms with Crippen LogP contribution in [0.3, 0.4) is 0 Å². The number of hydrogen-bond acceptors (Lipinski definition) is 4. The summed E-state index contributed by atoms with van der Waals surface area (Å²) in [5.74, 6) is 0.0872. The van der Waals surface area contributed by atoms with Gasteiger partial charge in [-0.3, -0.25) is 0 Å². The van der Waals surface area contributed by atoms with E-state index >= 15 is 0 Å². The van der Waals surface area contributed by atoms with Crippen LogP contribution in [-0.4, -0.2) is 30.8 Å². The lowest BCUT2D eigenvalue weighted by atomic mass is 9.89. The molecule has 3 aromatic rings. The minimum absolute atomic E-state index is 0.0102. The van der Waals surface area contributed by atoms with Gasteiger partial charge in [0.15, 0.2) is 5.58 Å². The maximum Gasteiger partial charge on any atom is 0.319 e. The van der Waals surface area contributed by atoms with Gasteiger partial charge in [-0.15, -0.1) is 0 Å². The van der Waals surface area contributed by atoms with Crippen LogP contribution in [0.1, 0.15) is 6.92 Å². The van der Waals surface area contributed by atoms with Gasteiger partial charge in [-0.05, 0) is 36.4 Å². The summed E-state index contributed by atoms with van der Waals surface area (Å²) in [6, 6.07) is 10.9. The average molecular weight is 355 g/mol. The van der Waals surface area contributed by atoms with E-state index < -0.39 is 0 Å². The lowest BCUT2D eigenvalue weighted by Gasteiger charge is -2.37. The van der Waals surface area contributed by atoms with E-state index in [0.29, 0.717) is 48.0 Å².